The van der Waals surface area contributed by atoms with E-state index in [-0.39, 0.29) is 24.3 Å². The summed E-state index contributed by atoms with van der Waals surface area (Å²) in [5.74, 6) is -1.52. The van der Waals surface area contributed by atoms with Gasteiger partial charge in [0.2, 0.25) is 11.8 Å². The van der Waals surface area contributed by atoms with Gasteiger partial charge in [-0.2, -0.15) is 0 Å². The Bertz CT molecular complexity index is 368. The molecule has 1 saturated heterocycles. The summed E-state index contributed by atoms with van der Waals surface area (Å²) >= 11 is 0. The second-order valence-corrected chi connectivity index (χ2v) is 5.29. The van der Waals surface area contributed by atoms with Crippen LogP contribution in [-0.2, 0) is 14.4 Å². The molecule has 1 rings (SSSR count). The Hall–Kier alpha value is -1.59. The van der Waals surface area contributed by atoms with E-state index in [9.17, 15) is 14.4 Å². The number of hydrogen-bond donors (Lipinski definition) is 1. The van der Waals surface area contributed by atoms with Crippen LogP contribution in [0.15, 0.2) is 0 Å². The van der Waals surface area contributed by atoms with Gasteiger partial charge in [-0.15, -0.1) is 0 Å². The number of likely N-dealkylation sites (tertiary alicyclic amines) is 1. The minimum absolute atomic E-state index is 0.0400. The first kappa shape index (κ1) is 15.5. The molecule has 108 valence electrons. The lowest BCUT2D eigenvalue weighted by Gasteiger charge is -2.37. The number of aliphatic carboxylic acids is 1. The van der Waals surface area contributed by atoms with E-state index in [1.54, 1.807) is 18.7 Å². The van der Waals surface area contributed by atoms with Crippen LogP contribution in [0.4, 0.5) is 0 Å². The number of carbonyl (C=O) groups is 3. The quantitative estimate of drug-likeness (QED) is 0.810. The zero-order chi connectivity index (χ0) is 14.6. The van der Waals surface area contributed by atoms with Crippen LogP contribution in [0, 0.1) is 5.92 Å². The zero-order valence-electron chi connectivity index (χ0n) is 11.8. The predicted octanol–water partition coefficient (Wildman–Crippen LogP) is 0.567. The van der Waals surface area contributed by atoms with Gasteiger partial charge in [0, 0.05) is 19.5 Å². The van der Waals surface area contributed by atoms with E-state index in [1.807, 2.05) is 0 Å². The van der Waals surface area contributed by atoms with E-state index < -0.39 is 12.0 Å². The van der Waals surface area contributed by atoms with Crippen LogP contribution in [0.3, 0.4) is 0 Å². The number of nitrogens with zero attached hydrogens (tertiary/aromatic N) is 2. The lowest BCUT2D eigenvalue weighted by molar-refractivity contribution is -0.151. The number of piperidine rings is 1. The van der Waals surface area contributed by atoms with Crippen molar-refractivity contribution in [3.8, 4) is 0 Å². The highest BCUT2D eigenvalue weighted by Crippen LogP contribution is 2.20. The molecule has 0 radical (unpaired) electrons. The molecule has 2 amide bonds. The number of likely N-dealkylation sites (N-methyl/N-ethyl adjacent to an activating group) is 1. The number of hydrogen-bond acceptors (Lipinski definition) is 3. The van der Waals surface area contributed by atoms with E-state index >= 15 is 0 Å². The van der Waals surface area contributed by atoms with Crippen molar-refractivity contribution in [1.82, 2.24) is 9.80 Å². The van der Waals surface area contributed by atoms with Gasteiger partial charge in [0.1, 0.15) is 12.6 Å². The van der Waals surface area contributed by atoms with Gasteiger partial charge in [0.25, 0.3) is 0 Å². The fourth-order valence-electron chi connectivity index (χ4n) is 2.32. The van der Waals surface area contributed by atoms with Crippen molar-refractivity contribution in [3.05, 3.63) is 0 Å². The number of amides is 2. The number of carboxylic acid groups (broad SMARTS) is 1. The molecule has 0 spiro atoms. The second kappa shape index (κ2) is 6.54. The monoisotopic (exact) mass is 270 g/mol. The van der Waals surface area contributed by atoms with Gasteiger partial charge in [-0.1, -0.05) is 13.8 Å². The largest absolute Gasteiger partial charge is 0.480 e. The first-order valence-electron chi connectivity index (χ1n) is 6.61. The van der Waals surface area contributed by atoms with Crippen LogP contribution < -0.4 is 0 Å². The van der Waals surface area contributed by atoms with E-state index in [0.717, 1.165) is 12.8 Å². The third-order valence-electron chi connectivity index (χ3n) is 3.31. The van der Waals surface area contributed by atoms with E-state index in [2.05, 4.69) is 0 Å². The van der Waals surface area contributed by atoms with Crippen LogP contribution >= 0.6 is 0 Å². The molecule has 0 saturated carbocycles. The van der Waals surface area contributed by atoms with Crippen LogP contribution in [0.2, 0.25) is 0 Å². The Morgan fingerprint density at radius 1 is 1.32 bits per heavy atom. The molecule has 1 aliphatic rings. The molecule has 19 heavy (non-hydrogen) atoms. The third kappa shape index (κ3) is 3.94. The maximum atomic E-state index is 12.2. The molecule has 1 unspecified atom stereocenters. The minimum Gasteiger partial charge on any atom is -0.480 e. The average Bonchev–Trinajstić information content (AvgIpc) is 2.36. The SMILES string of the molecule is CC(C)C(=O)N1CCCCC1C(=O)N(C)CC(=O)O. The topological polar surface area (TPSA) is 77.9 Å². The molecule has 0 aromatic heterocycles. The first-order valence-corrected chi connectivity index (χ1v) is 6.61. The van der Waals surface area contributed by atoms with Crippen LogP contribution in [0.1, 0.15) is 33.1 Å². The Kier molecular flexibility index (Phi) is 5.32. The van der Waals surface area contributed by atoms with Crippen LogP contribution in [0.25, 0.3) is 0 Å². The molecular weight excluding hydrogens is 248 g/mol. The Labute approximate surface area is 113 Å². The summed E-state index contributed by atoms with van der Waals surface area (Å²) < 4.78 is 0. The van der Waals surface area contributed by atoms with Gasteiger partial charge in [0.05, 0.1) is 0 Å². The van der Waals surface area contributed by atoms with Crippen molar-refractivity contribution >= 4 is 17.8 Å². The fraction of sp³-hybridized carbons (Fsp3) is 0.769. The molecular formula is C13H22N2O4. The lowest BCUT2D eigenvalue weighted by atomic mass is 9.99. The molecule has 1 atom stereocenters. The lowest BCUT2D eigenvalue weighted by Crippen LogP contribution is -2.53. The Morgan fingerprint density at radius 3 is 2.47 bits per heavy atom. The fourth-order valence-corrected chi connectivity index (χ4v) is 2.32. The van der Waals surface area contributed by atoms with Crippen LogP contribution in [-0.4, -0.2) is 58.9 Å². The molecule has 0 aliphatic carbocycles. The Balaban J connectivity index is 2.79. The van der Waals surface area contributed by atoms with Crippen LogP contribution in [0.5, 0.6) is 0 Å². The van der Waals surface area contributed by atoms with Crippen molar-refractivity contribution in [2.45, 2.75) is 39.2 Å². The smallest absolute Gasteiger partial charge is 0.323 e. The summed E-state index contributed by atoms with van der Waals surface area (Å²) in [6.45, 7) is 3.85. The summed E-state index contributed by atoms with van der Waals surface area (Å²) in [6, 6.07) is -0.506. The minimum atomic E-state index is -1.05. The van der Waals surface area contributed by atoms with E-state index in [0.29, 0.717) is 13.0 Å². The average molecular weight is 270 g/mol. The summed E-state index contributed by atoms with van der Waals surface area (Å²) in [7, 11) is 1.46. The second-order valence-electron chi connectivity index (χ2n) is 5.29. The van der Waals surface area contributed by atoms with Gasteiger partial charge in [0.15, 0.2) is 0 Å². The third-order valence-corrected chi connectivity index (χ3v) is 3.31. The summed E-state index contributed by atoms with van der Waals surface area (Å²) in [5, 5.41) is 8.72. The van der Waals surface area contributed by atoms with Crippen molar-refractivity contribution in [2.75, 3.05) is 20.1 Å². The number of rotatable bonds is 4. The van der Waals surface area contributed by atoms with Crippen molar-refractivity contribution < 1.29 is 19.5 Å². The molecule has 1 N–H and O–H groups in total. The Morgan fingerprint density at radius 2 is 1.95 bits per heavy atom. The normalized spacial score (nSPS) is 19.4. The molecule has 0 aromatic carbocycles. The van der Waals surface area contributed by atoms with Crippen molar-refractivity contribution in [3.63, 3.8) is 0 Å². The highest BCUT2D eigenvalue weighted by atomic mass is 16.4. The molecule has 6 heteroatoms. The molecule has 6 nitrogen and oxygen atoms in total. The van der Waals surface area contributed by atoms with Gasteiger partial charge >= 0.3 is 5.97 Å². The molecule has 1 aliphatic heterocycles. The highest BCUT2D eigenvalue weighted by Gasteiger charge is 2.34. The van der Waals surface area contributed by atoms with E-state index in [4.69, 9.17) is 5.11 Å². The van der Waals surface area contributed by atoms with Gasteiger partial charge in [-0.25, -0.2) is 0 Å². The summed E-state index contributed by atoms with van der Waals surface area (Å²) in [6.07, 6.45) is 2.39. The predicted molar refractivity (Wildman–Crippen MR) is 69.5 cm³/mol. The van der Waals surface area contributed by atoms with Gasteiger partial charge < -0.3 is 14.9 Å². The highest BCUT2D eigenvalue weighted by molar-refractivity contribution is 5.90. The van der Waals surface area contributed by atoms with Gasteiger partial charge in [-0.05, 0) is 19.3 Å². The van der Waals surface area contributed by atoms with Crippen molar-refractivity contribution in [1.29, 1.82) is 0 Å². The van der Waals surface area contributed by atoms with Crippen molar-refractivity contribution in [2.24, 2.45) is 5.92 Å². The maximum Gasteiger partial charge on any atom is 0.323 e. The summed E-state index contributed by atoms with van der Waals surface area (Å²) in [4.78, 5) is 37.8. The van der Waals surface area contributed by atoms with Gasteiger partial charge in [-0.3, -0.25) is 14.4 Å². The summed E-state index contributed by atoms with van der Waals surface area (Å²) in [5.41, 5.74) is 0. The number of carboxylic acids is 1. The zero-order valence-corrected chi connectivity index (χ0v) is 11.8. The maximum absolute atomic E-state index is 12.2. The standard InChI is InChI=1S/C13H22N2O4/c1-9(2)12(18)15-7-5-4-6-10(15)13(19)14(3)8-11(16)17/h9-10H,4-8H2,1-3H3,(H,16,17). The number of carbonyl (C=O) groups excluding carboxylic acids is 2. The molecule has 0 aromatic rings. The molecule has 1 heterocycles. The molecule has 0 bridgehead atoms. The molecule has 1 fully saturated rings. The van der Waals surface area contributed by atoms with E-state index in [1.165, 1.54) is 11.9 Å². The first-order chi connectivity index (χ1) is 8.84.